The monoisotopic (exact) mass is 296 g/mol. The highest BCUT2D eigenvalue weighted by Crippen LogP contribution is 2.21. The van der Waals surface area contributed by atoms with Crippen molar-refractivity contribution in [2.24, 2.45) is 0 Å². The minimum Gasteiger partial charge on any atom is -0.494 e. The average Bonchev–Trinajstić information content (AvgIpc) is 2.56. The van der Waals surface area contributed by atoms with Gasteiger partial charge in [-0.15, -0.1) is 0 Å². The van der Waals surface area contributed by atoms with E-state index in [1.807, 2.05) is 31.2 Å². The highest BCUT2D eigenvalue weighted by atomic mass is 16.5. The number of amides is 1. The molecule has 0 radical (unpaired) electrons. The third kappa shape index (κ3) is 3.22. The highest BCUT2D eigenvalue weighted by Gasteiger charge is 2.19. The minimum absolute atomic E-state index is 0.0470. The van der Waals surface area contributed by atoms with E-state index in [2.05, 4.69) is 22.8 Å². The first-order valence-corrected chi connectivity index (χ1v) is 7.62. The van der Waals surface area contributed by atoms with E-state index in [9.17, 15) is 4.79 Å². The first-order valence-electron chi connectivity index (χ1n) is 7.62. The number of hydrogen-bond acceptors (Lipinski definition) is 3. The van der Waals surface area contributed by atoms with Crippen molar-refractivity contribution in [3.63, 3.8) is 0 Å². The molecule has 0 aliphatic carbocycles. The first-order chi connectivity index (χ1) is 10.8. The molecule has 22 heavy (non-hydrogen) atoms. The van der Waals surface area contributed by atoms with Crippen LogP contribution in [0.4, 0.5) is 5.69 Å². The lowest BCUT2D eigenvalue weighted by Crippen LogP contribution is -2.43. The summed E-state index contributed by atoms with van der Waals surface area (Å²) in [5.41, 5.74) is 3.06. The Hall–Kier alpha value is -2.49. The van der Waals surface area contributed by atoms with Crippen molar-refractivity contribution in [2.45, 2.75) is 19.4 Å². The standard InChI is InChI=1S/C18H20N2O2/c1-2-22-16-9-7-13(8-10-16)18(21)20-15-11-14-5-3-4-6-17(14)19-12-15/h3-10,15,19H,2,11-12H2,1H3,(H,20,21). The van der Waals surface area contributed by atoms with Gasteiger partial charge in [0.05, 0.1) is 12.6 Å². The van der Waals surface area contributed by atoms with Gasteiger partial charge in [-0.25, -0.2) is 0 Å². The molecule has 0 bridgehead atoms. The molecule has 1 amide bonds. The summed E-state index contributed by atoms with van der Waals surface area (Å²) in [6, 6.07) is 15.6. The number of anilines is 1. The van der Waals surface area contributed by atoms with E-state index in [4.69, 9.17) is 4.74 Å². The maximum atomic E-state index is 12.3. The zero-order valence-corrected chi connectivity index (χ0v) is 12.6. The number of carbonyl (C=O) groups excluding carboxylic acids is 1. The normalized spacial score (nSPS) is 16.3. The van der Waals surface area contributed by atoms with Crippen molar-refractivity contribution >= 4 is 11.6 Å². The molecule has 0 saturated heterocycles. The second-order valence-electron chi connectivity index (χ2n) is 5.37. The van der Waals surface area contributed by atoms with Crippen LogP contribution in [-0.2, 0) is 6.42 Å². The Bertz CT molecular complexity index is 652. The maximum absolute atomic E-state index is 12.3. The van der Waals surface area contributed by atoms with Crippen LogP contribution in [0.3, 0.4) is 0 Å². The molecule has 2 aromatic rings. The molecule has 1 unspecified atom stereocenters. The van der Waals surface area contributed by atoms with Crippen molar-refractivity contribution in [1.82, 2.24) is 5.32 Å². The summed E-state index contributed by atoms with van der Waals surface area (Å²) in [4.78, 5) is 12.3. The molecule has 0 aromatic heterocycles. The molecule has 2 N–H and O–H groups in total. The molecule has 114 valence electrons. The van der Waals surface area contributed by atoms with E-state index in [0.29, 0.717) is 12.2 Å². The van der Waals surface area contributed by atoms with E-state index in [1.165, 1.54) is 5.56 Å². The molecule has 1 atom stereocenters. The number of benzene rings is 2. The van der Waals surface area contributed by atoms with Crippen molar-refractivity contribution in [2.75, 3.05) is 18.5 Å². The van der Waals surface area contributed by atoms with Crippen LogP contribution < -0.4 is 15.4 Å². The fraction of sp³-hybridized carbons (Fsp3) is 0.278. The Labute approximate surface area is 130 Å². The molecule has 1 heterocycles. The summed E-state index contributed by atoms with van der Waals surface area (Å²) in [5, 5.41) is 6.45. The molecular weight excluding hydrogens is 276 g/mol. The molecule has 0 saturated carbocycles. The Kier molecular flexibility index (Phi) is 4.28. The van der Waals surface area contributed by atoms with Crippen LogP contribution in [0, 0.1) is 0 Å². The number of carbonyl (C=O) groups is 1. The predicted octanol–water partition coefficient (Wildman–Crippen LogP) is 2.85. The summed E-state index contributed by atoms with van der Waals surface area (Å²) < 4.78 is 5.39. The lowest BCUT2D eigenvalue weighted by atomic mass is 9.99. The van der Waals surface area contributed by atoms with Crippen LogP contribution >= 0.6 is 0 Å². The van der Waals surface area contributed by atoms with Crippen LogP contribution in [0.2, 0.25) is 0 Å². The number of para-hydroxylation sites is 1. The Morgan fingerprint density at radius 3 is 2.77 bits per heavy atom. The highest BCUT2D eigenvalue weighted by molar-refractivity contribution is 5.94. The largest absolute Gasteiger partial charge is 0.494 e. The van der Waals surface area contributed by atoms with Crippen LogP contribution in [-0.4, -0.2) is 25.1 Å². The summed E-state index contributed by atoms with van der Waals surface area (Å²) >= 11 is 0. The van der Waals surface area contributed by atoms with Crippen molar-refractivity contribution in [3.05, 3.63) is 59.7 Å². The first kappa shape index (κ1) is 14.4. The third-order valence-corrected chi connectivity index (χ3v) is 3.79. The number of hydrogen-bond donors (Lipinski definition) is 2. The zero-order chi connectivity index (χ0) is 15.4. The Balaban J connectivity index is 1.62. The van der Waals surface area contributed by atoms with Gasteiger partial charge in [0.1, 0.15) is 5.75 Å². The molecule has 0 spiro atoms. The quantitative estimate of drug-likeness (QED) is 0.912. The lowest BCUT2D eigenvalue weighted by Gasteiger charge is -2.27. The summed E-state index contributed by atoms with van der Waals surface area (Å²) in [7, 11) is 0. The van der Waals surface area contributed by atoms with Gasteiger partial charge < -0.3 is 15.4 Å². The number of ether oxygens (including phenoxy) is 1. The van der Waals surface area contributed by atoms with Crippen LogP contribution in [0.1, 0.15) is 22.8 Å². The summed E-state index contributed by atoms with van der Waals surface area (Å²) in [5.74, 6) is 0.738. The second kappa shape index (κ2) is 6.52. The molecule has 3 rings (SSSR count). The minimum atomic E-state index is -0.0470. The van der Waals surface area contributed by atoms with Gasteiger partial charge in [-0.1, -0.05) is 18.2 Å². The van der Waals surface area contributed by atoms with Gasteiger partial charge in [0.25, 0.3) is 5.91 Å². The van der Waals surface area contributed by atoms with Gasteiger partial charge in [0.15, 0.2) is 0 Å². The van der Waals surface area contributed by atoms with Gasteiger partial charge in [-0.3, -0.25) is 4.79 Å². The van der Waals surface area contributed by atoms with Gasteiger partial charge >= 0.3 is 0 Å². The summed E-state index contributed by atoms with van der Waals surface area (Å²) in [6.45, 7) is 3.31. The van der Waals surface area contributed by atoms with E-state index in [1.54, 1.807) is 12.1 Å². The Morgan fingerprint density at radius 2 is 2.00 bits per heavy atom. The maximum Gasteiger partial charge on any atom is 0.251 e. The van der Waals surface area contributed by atoms with Gasteiger partial charge in [-0.05, 0) is 49.2 Å². The van der Waals surface area contributed by atoms with E-state index < -0.39 is 0 Å². The SMILES string of the molecule is CCOc1ccc(C(=O)NC2CNc3ccccc3C2)cc1. The molecule has 4 nitrogen and oxygen atoms in total. The fourth-order valence-corrected chi connectivity index (χ4v) is 2.68. The lowest BCUT2D eigenvalue weighted by molar-refractivity contribution is 0.0938. The van der Waals surface area contributed by atoms with Gasteiger partial charge in [-0.2, -0.15) is 0 Å². The molecule has 1 aliphatic rings. The van der Waals surface area contributed by atoms with Crippen LogP contribution in [0.15, 0.2) is 48.5 Å². The Morgan fingerprint density at radius 1 is 1.23 bits per heavy atom. The number of fused-ring (bicyclic) bond motifs is 1. The van der Waals surface area contributed by atoms with Gasteiger partial charge in [0.2, 0.25) is 0 Å². The number of rotatable bonds is 4. The van der Waals surface area contributed by atoms with E-state index in [-0.39, 0.29) is 11.9 Å². The summed E-state index contributed by atoms with van der Waals surface area (Å²) in [6.07, 6.45) is 0.853. The van der Waals surface area contributed by atoms with Crippen LogP contribution in [0.25, 0.3) is 0 Å². The second-order valence-corrected chi connectivity index (χ2v) is 5.37. The van der Waals surface area contributed by atoms with Crippen molar-refractivity contribution in [1.29, 1.82) is 0 Å². The topological polar surface area (TPSA) is 50.4 Å². The molecule has 4 heteroatoms. The van der Waals surface area contributed by atoms with Crippen molar-refractivity contribution < 1.29 is 9.53 Å². The molecular formula is C18H20N2O2. The van der Waals surface area contributed by atoms with Crippen LogP contribution in [0.5, 0.6) is 5.75 Å². The fourth-order valence-electron chi connectivity index (χ4n) is 2.68. The number of nitrogens with one attached hydrogen (secondary N) is 2. The predicted molar refractivity (Wildman–Crippen MR) is 87.5 cm³/mol. The molecule has 2 aromatic carbocycles. The molecule has 0 fully saturated rings. The molecule has 1 aliphatic heterocycles. The average molecular weight is 296 g/mol. The van der Waals surface area contributed by atoms with E-state index in [0.717, 1.165) is 24.4 Å². The van der Waals surface area contributed by atoms with Crippen molar-refractivity contribution in [3.8, 4) is 5.75 Å². The zero-order valence-electron chi connectivity index (χ0n) is 12.6. The smallest absolute Gasteiger partial charge is 0.251 e. The third-order valence-electron chi connectivity index (χ3n) is 3.79. The van der Waals surface area contributed by atoms with E-state index >= 15 is 0 Å². The van der Waals surface area contributed by atoms with Gasteiger partial charge in [0, 0.05) is 17.8 Å².